The molecule has 0 amide bonds. The summed E-state index contributed by atoms with van der Waals surface area (Å²) in [5, 5.41) is 0. The van der Waals surface area contributed by atoms with Crippen molar-refractivity contribution in [1.29, 1.82) is 0 Å². The van der Waals surface area contributed by atoms with Gasteiger partial charge in [-0.25, -0.2) is 4.99 Å². The normalized spacial score (nSPS) is 8.42. The molecule has 0 fully saturated rings. The molecule has 0 unspecified atom stereocenters. The third-order valence-corrected chi connectivity index (χ3v) is 1.15. The van der Waals surface area contributed by atoms with E-state index in [4.69, 9.17) is 11.5 Å². The van der Waals surface area contributed by atoms with Crippen molar-refractivity contribution >= 4 is 24.1 Å². The van der Waals surface area contributed by atoms with Gasteiger partial charge in [0.2, 0.25) is 0 Å². The Bertz CT molecular complexity index is 263. The zero-order chi connectivity index (χ0) is 8.27. The summed E-state index contributed by atoms with van der Waals surface area (Å²) in [5.41, 5.74) is 11.9. The zero-order valence-corrected chi connectivity index (χ0v) is 7.51. The van der Waals surface area contributed by atoms with Crippen LogP contribution < -0.4 is 11.5 Å². The van der Waals surface area contributed by atoms with Crippen LogP contribution in [0.25, 0.3) is 0 Å². The number of nitrogens with zero attached hydrogens (tertiary/aromatic N) is 2. The van der Waals surface area contributed by atoms with E-state index in [9.17, 15) is 0 Å². The fraction of sp³-hybridized carbons (Fsp3) is 0.143. The van der Waals surface area contributed by atoms with Crippen LogP contribution in [0.3, 0.4) is 0 Å². The number of hydrogen-bond acceptors (Lipinski definition) is 2. The van der Waals surface area contributed by atoms with Gasteiger partial charge in [0.05, 0.1) is 11.9 Å². The largest absolute Gasteiger partial charge is 0.370 e. The summed E-state index contributed by atoms with van der Waals surface area (Å²) in [6.45, 7) is 1.90. The minimum atomic E-state index is 0. The molecule has 0 radical (unpaired) electrons. The van der Waals surface area contributed by atoms with Gasteiger partial charge in [0, 0.05) is 5.69 Å². The first-order valence-electron chi connectivity index (χ1n) is 3.21. The highest BCUT2D eigenvalue weighted by Gasteiger charge is 1.88. The number of nitrogens with two attached hydrogens (primary N) is 2. The van der Waals surface area contributed by atoms with E-state index in [0.29, 0.717) is 5.69 Å². The van der Waals surface area contributed by atoms with E-state index in [1.807, 2.05) is 19.1 Å². The van der Waals surface area contributed by atoms with Gasteiger partial charge in [-0.2, -0.15) is 0 Å². The minimum Gasteiger partial charge on any atom is -0.370 e. The van der Waals surface area contributed by atoms with Crippen molar-refractivity contribution in [2.75, 3.05) is 0 Å². The highest BCUT2D eigenvalue weighted by molar-refractivity contribution is 5.85. The van der Waals surface area contributed by atoms with Gasteiger partial charge in [-0.05, 0) is 19.1 Å². The van der Waals surface area contributed by atoms with Crippen LogP contribution in [0.4, 0.5) is 5.69 Å². The summed E-state index contributed by atoms with van der Waals surface area (Å²) in [4.78, 5) is 7.82. The van der Waals surface area contributed by atoms with Gasteiger partial charge in [-0.1, -0.05) is 0 Å². The smallest absolute Gasteiger partial charge is 0.191 e. The van der Waals surface area contributed by atoms with Gasteiger partial charge in [0.1, 0.15) is 0 Å². The topological polar surface area (TPSA) is 77.3 Å². The molecule has 0 aliphatic carbocycles. The predicted octanol–water partition coefficient (Wildman–Crippen LogP) is 0.717. The van der Waals surface area contributed by atoms with Crippen LogP contribution in [-0.2, 0) is 0 Å². The van der Waals surface area contributed by atoms with Gasteiger partial charge in [-0.3, -0.25) is 4.98 Å². The summed E-state index contributed by atoms with van der Waals surface area (Å²) >= 11 is 0. The van der Waals surface area contributed by atoms with E-state index in [-0.39, 0.29) is 18.4 Å². The Morgan fingerprint density at radius 2 is 2.08 bits per heavy atom. The van der Waals surface area contributed by atoms with E-state index in [0.717, 1.165) is 5.69 Å². The highest BCUT2D eigenvalue weighted by Crippen LogP contribution is 2.08. The van der Waals surface area contributed by atoms with Crippen molar-refractivity contribution in [3.8, 4) is 0 Å². The monoisotopic (exact) mass is 186 g/mol. The van der Waals surface area contributed by atoms with Crippen LogP contribution in [-0.4, -0.2) is 10.9 Å². The number of aliphatic imine (C=N–C) groups is 1. The van der Waals surface area contributed by atoms with E-state index < -0.39 is 0 Å². The Labute approximate surface area is 77.1 Å². The average molecular weight is 187 g/mol. The summed E-state index contributed by atoms with van der Waals surface area (Å²) in [7, 11) is 0. The average Bonchev–Trinajstić information content (AvgIpc) is 1.93. The lowest BCUT2D eigenvalue weighted by Crippen LogP contribution is -2.21. The molecule has 1 rings (SSSR count). The lowest BCUT2D eigenvalue weighted by atomic mass is 10.3. The first-order valence-corrected chi connectivity index (χ1v) is 3.21. The molecule has 1 heterocycles. The first kappa shape index (κ1) is 10.7. The Kier molecular flexibility index (Phi) is 4.07. The standard InChI is InChI=1S/C7H10N4.ClH/c1-5-2-3-6(4-10-5)11-7(8)9;/h2-4H,1H3,(H4,8,9,11);1H. The van der Waals surface area contributed by atoms with E-state index >= 15 is 0 Å². The fourth-order valence-electron chi connectivity index (χ4n) is 0.675. The van der Waals surface area contributed by atoms with Crippen molar-refractivity contribution in [3.05, 3.63) is 24.0 Å². The maximum absolute atomic E-state index is 5.16. The number of guanidine groups is 1. The van der Waals surface area contributed by atoms with Gasteiger partial charge < -0.3 is 11.5 Å². The molecule has 4 nitrogen and oxygen atoms in total. The molecule has 0 aliphatic heterocycles. The first-order chi connectivity index (χ1) is 5.18. The molecule has 0 saturated heterocycles. The Morgan fingerprint density at radius 1 is 1.42 bits per heavy atom. The molecule has 0 atom stereocenters. The van der Waals surface area contributed by atoms with Crippen LogP contribution in [0, 0.1) is 6.92 Å². The van der Waals surface area contributed by atoms with Gasteiger partial charge in [-0.15, -0.1) is 12.4 Å². The third-order valence-electron chi connectivity index (χ3n) is 1.15. The number of aromatic nitrogens is 1. The lowest BCUT2D eigenvalue weighted by molar-refractivity contribution is 1.19. The van der Waals surface area contributed by atoms with E-state index in [1.54, 1.807) is 6.20 Å². The predicted molar refractivity (Wildman–Crippen MR) is 51.7 cm³/mol. The molecule has 0 saturated carbocycles. The van der Waals surface area contributed by atoms with Gasteiger partial charge in [0.15, 0.2) is 5.96 Å². The summed E-state index contributed by atoms with van der Waals surface area (Å²) in [6, 6.07) is 3.66. The second-order valence-electron chi connectivity index (χ2n) is 2.19. The quantitative estimate of drug-likeness (QED) is 0.501. The number of pyridine rings is 1. The lowest BCUT2D eigenvalue weighted by Gasteiger charge is -1.93. The van der Waals surface area contributed by atoms with Crippen LogP contribution in [0.15, 0.2) is 23.3 Å². The fourth-order valence-corrected chi connectivity index (χ4v) is 0.675. The third kappa shape index (κ3) is 3.21. The van der Waals surface area contributed by atoms with Crippen molar-refractivity contribution < 1.29 is 0 Å². The molecule has 1 aromatic heterocycles. The van der Waals surface area contributed by atoms with Gasteiger partial charge in [0.25, 0.3) is 0 Å². The maximum Gasteiger partial charge on any atom is 0.191 e. The molecular formula is C7H11ClN4. The van der Waals surface area contributed by atoms with Crippen LogP contribution >= 0.6 is 12.4 Å². The summed E-state index contributed by atoms with van der Waals surface area (Å²) in [6.07, 6.45) is 1.62. The van der Waals surface area contributed by atoms with Crippen molar-refractivity contribution in [2.24, 2.45) is 16.5 Å². The summed E-state index contributed by atoms with van der Waals surface area (Å²) in [5.74, 6) is 0.0515. The zero-order valence-electron chi connectivity index (χ0n) is 6.69. The molecule has 0 aliphatic rings. The van der Waals surface area contributed by atoms with Gasteiger partial charge >= 0.3 is 0 Å². The Morgan fingerprint density at radius 3 is 2.50 bits per heavy atom. The molecule has 0 aromatic carbocycles. The second kappa shape index (κ2) is 4.56. The molecule has 0 bridgehead atoms. The molecular weight excluding hydrogens is 176 g/mol. The number of halogens is 1. The highest BCUT2D eigenvalue weighted by atomic mass is 35.5. The van der Waals surface area contributed by atoms with Crippen LogP contribution in [0.2, 0.25) is 0 Å². The molecule has 66 valence electrons. The van der Waals surface area contributed by atoms with Crippen molar-refractivity contribution in [1.82, 2.24) is 4.98 Å². The van der Waals surface area contributed by atoms with E-state index in [1.165, 1.54) is 0 Å². The minimum absolute atomic E-state index is 0. The Hall–Kier alpha value is -1.29. The van der Waals surface area contributed by atoms with Crippen LogP contribution in [0.1, 0.15) is 5.69 Å². The SMILES string of the molecule is Cc1ccc(N=C(N)N)cn1.Cl. The summed E-state index contributed by atoms with van der Waals surface area (Å²) < 4.78 is 0. The number of aryl methyl sites for hydroxylation is 1. The molecule has 4 N–H and O–H groups in total. The molecule has 12 heavy (non-hydrogen) atoms. The van der Waals surface area contributed by atoms with Crippen molar-refractivity contribution in [3.63, 3.8) is 0 Å². The maximum atomic E-state index is 5.16. The van der Waals surface area contributed by atoms with Crippen molar-refractivity contribution in [2.45, 2.75) is 6.92 Å². The number of hydrogen-bond donors (Lipinski definition) is 2. The van der Waals surface area contributed by atoms with Crippen LogP contribution in [0.5, 0.6) is 0 Å². The second-order valence-corrected chi connectivity index (χ2v) is 2.19. The molecule has 0 spiro atoms. The molecule has 5 heteroatoms. The molecule has 1 aromatic rings. The van der Waals surface area contributed by atoms with E-state index in [2.05, 4.69) is 9.98 Å². The Balaban J connectivity index is 0.00000121. The number of rotatable bonds is 1.